The Hall–Kier alpha value is -6.36. The maximum atomic E-state index is 13.4. The molecule has 1 aromatic rings. The van der Waals surface area contributed by atoms with E-state index in [4.69, 9.17) is 22.3 Å². The molecule has 1 rings (SSSR count). The van der Waals surface area contributed by atoms with Crippen molar-refractivity contribution in [3.63, 3.8) is 0 Å². The maximum absolute atomic E-state index is 13.4. The lowest BCUT2D eigenvalue weighted by Gasteiger charge is -2.24. The number of benzene rings is 1. The first kappa shape index (κ1) is 49.7. The van der Waals surface area contributed by atoms with Crippen LogP contribution in [-0.4, -0.2) is 131 Å². The number of hydrogen-bond acceptors (Lipinski definition) is 13. The number of carboxylic acids is 2. The highest BCUT2D eigenvalue weighted by Gasteiger charge is 2.31. The zero-order valence-electron chi connectivity index (χ0n) is 32.2. The number of phenols is 1. The predicted molar refractivity (Wildman–Crippen MR) is 203 cm³/mol. The monoisotopic (exact) mass is 822 g/mol. The van der Waals surface area contributed by atoms with E-state index in [1.165, 1.54) is 24.3 Å². The summed E-state index contributed by atoms with van der Waals surface area (Å²) in [6.07, 6.45) is -0.675. The molecule has 0 spiro atoms. The molecule has 58 heavy (non-hydrogen) atoms. The summed E-state index contributed by atoms with van der Waals surface area (Å²) < 4.78 is 0. The highest BCUT2D eigenvalue weighted by atomic mass is 16.4. The summed E-state index contributed by atoms with van der Waals surface area (Å²) in [4.78, 5) is 124. The molecule has 0 fully saturated rings. The second-order valence-corrected chi connectivity index (χ2v) is 13.4. The number of carbonyl (C=O) groups excluding carboxylic acids is 8. The smallest absolute Gasteiger partial charge is 0.322 e. The number of amides is 8. The third-order valence-electron chi connectivity index (χ3n) is 8.18. The van der Waals surface area contributed by atoms with Crippen LogP contribution in [0.4, 0.5) is 0 Å². The highest BCUT2D eigenvalue weighted by Crippen LogP contribution is 2.12. The molecule has 5 atom stereocenters. The number of primary amides is 1. The average Bonchev–Trinajstić information content (AvgIpc) is 3.15. The lowest BCUT2D eigenvalue weighted by Crippen LogP contribution is -2.57. The molecule has 8 amide bonds. The highest BCUT2D eigenvalue weighted by molar-refractivity contribution is 5.97. The van der Waals surface area contributed by atoms with E-state index in [0.717, 1.165) is 0 Å². The first-order chi connectivity index (χ1) is 27.2. The van der Waals surface area contributed by atoms with Gasteiger partial charge in [0.15, 0.2) is 0 Å². The molecule has 23 nitrogen and oxygen atoms in total. The second kappa shape index (κ2) is 25.7. The van der Waals surface area contributed by atoms with Gasteiger partial charge in [0.05, 0.1) is 25.6 Å². The molecular weight excluding hydrogens is 768 g/mol. The summed E-state index contributed by atoms with van der Waals surface area (Å²) >= 11 is 0. The quantitative estimate of drug-likeness (QED) is 0.0370. The van der Waals surface area contributed by atoms with E-state index in [0.29, 0.717) is 18.4 Å². The summed E-state index contributed by atoms with van der Waals surface area (Å²) in [6.45, 7) is 1.38. The number of unbranched alkanes of at least 4 members (excludes halogenated alkanes) is 1. The van der Waals surface area contributed by atoms with E-state index in [9.17, 15) is 58.2 Å². The number of carboxylic acid groups (broad SMARTS) is 2. The van der Waals surface area contributed by atoms with Crippen molar-refractivity contribution in [3.05, 3.63) is 29.8 Å². The van der Waals surface area contributed by atoms with E-state index in [1.807, 2.05) is 0 Å². The molecule has 23 heteroatoms. The van der Waals surface area contributed by atoms with E-state index >= 15 is 0 Å². The van der Waals surface area contributed by atoms with Crippen LogP contribution in [0.25, 0.3) is 0 Å². The fraction of sp³-hybridized carbons (Fsp3) is 0.543. The number of aromatic hydroxyl groups is 1. The summed E-state index contributed by atoms with van der Waals surface area (Å²) in [7, 11) is 0. The van der Waals surface area contributed by atoms with Gasteiger partial charge >= 0.3 is 11.9 Å². The third-order valence-corrected chi connectivity index (χ3v) is 8.18. The number of aliphatic carboxylic acids is 2. The standard InChI is InChI=1S/C35H54N10O13/c1-18(2)30(35(58)41-17-29(52)53)45-27(49)16-39-32(55)22(5-3-4-12-36)42-26(48)15-40-33(56)24(14-28(50)51)44-34(57)23(13-19-6-8-20(46)9-7-19)43-31(54)21(37)10-11-25(38)47/h6-9,18,21-24,30,46H,3-5,10-17,36-37H2,1-2H3,(H2,38,47)(H,39,55)(H,40,56)(H,41,58)(H,42,48)(H,43,54)(H,44,57)(H,45,49)(H,50,51)(H,52,53). The van der Waals surface area contributed by atoms with Gasteiger partial charge in [-0.2, -0.15) is 0 Å². The van der Waals surface area contributed by atoms with Crippen molar-refractivity contribution in [2.24, 2.45) is 23.1 Å². The second-order valence-electron chi connectivity index (χ2n) is 13.4. The Labute approximate surface area is 333 Å². The lowest BCUT2D eigenvalue weighted by molar-refractivity contribution is -0.141. The SMILES string of the molecule is CC(C)C(NC(=O)CNC(=O)C(CCCCN)NC(=O)CNC(=O)C(CC(=O)O)NC(=O)C(Cc1ccc(O)cc1)NC(=O)C(N)CCC(N)=O)C(=O)NCC(=O)O. The summed E-state index contributed by atoms with van der Waals surface area (Å²) in [5, 5.41) is 44.1. The molecule has 16 N–H and O–H groups in total. The Morgan fingerprint density at radius 2 is 1.19 bits per heavy atom. The largest absolute Gasteiger partial charge is 0.508 e. The van der Waals surface area contributed by atoms with Crippen LogP contribution in [0, 0.1) is 5.92 Å². The fourth-order valence-corrected chi connectivity index (χ4v) is 5.06. The lowest BCUT2D eigenvalue weighted by atomic mass is 10.0. The number of rotatable bonds is 27. The molecule has 0 heterocycles. The van der Waals surface area contributed by atoms with E-state index in [1.54, 1.807) is 13.8 Å². The van der Waals surface area contributed by atoms with Crippen LogP contribution < -0.4 is 54.4 Å². The van der Waals surface area contributed by atoms with Gasteiger partial charge in [0.25, 0.3) is 0 Å². The van der Waals surface area contributed by atoms with Gasteiger partial charge in [-0.25, -0.2) is 0 Å². The van der Waals surface area contributed by atoms with Crippen LogP contribution in [0.3, 0.4) is 0 Å². The van der Waals surface area contributed by atoms with Crippen molar-refractivity contribution >= 4 is 59.2 Å². The van der Waals surface area contributed by atoms with Gasteiger partial charge in [-0.3, -0.25) is 47.9 Å². The predicted octanol–water partition coefficient (Wildman–Crippen LogP) is -4.84. The minimum absolute atomic E-state index is 0.0502. The Kier molecular flexibility index (Phi) is 22.0. The van der Waals surface area contributed by atoms with Gasteiger partial charge in [0.2, 0.25) is 47.3 Å². The van der Waals surface area contributed by atoms with Gasteiger partial charge < -0.3 is 69.7 Å². The molecule has 0 bridgehead atoms. The first-order valence-corrected chi connectivity index (χ1v) is 18.2. The van der Waals surface area contributed by atoms with Crippen LogP contribution in [0.1, 0.15) is 57.9 Å². The Balaban J connectivity index is 3.02. The normalized spacial score (nSPS) is 13.3. The van der Waals surface area contributed by atoms with Crippen molar-refractivity contribution in [1.82, 2.24) is 37.2 Å². The molecular formula is C35H54N10O13. The van der Waals surface area contributed by atoms with Crippen LogP contribution >= 0.6 is 0 Å². The van der Waals surface area contributed by atoms with Crippen LogP contribution in [0.15, 0.2) is 24.3 Å². The Morgan fingerprint density at radius 3 is 1.72 bits per heavy atom. The molecule has 0 aliphatic heterocycles. The van der Waals surface area contributed by atoms with Gasteiger partial charge in [0, 0.05) is 12.8 Å². The number of phenolic OH excluding ortho intramolecular Hbond substituents is 1. The number of carbonyl (C=O) groups is 10. The van der Waals surface area contributed by atoms with Crippen LogP contribution in [0.5, 0.6) is 5.75 Å². The first-order valence-electron chi connectivity index (χ1n) is 18.2. The molecule has 0 aliphatic carbocycles. The molecule has 1 aromatic carbocycles. The molecule has 0 aliphatic rings. The fourth-order valence-electron chi connectivity index (χ4n) is 5.06. The van der Waals surface area contributed by atoms with Crippen LogP contribution in [0.2, 0.25) is 0 Å². The number of nitrogens with two attached hydrogens (primary N) is 3. The number of nitrogens with one attached hydrogen (secondary N) is 7. The minimum Gasteiger partial charge on any atom is -0.508 e. The van der Waals surface area contributed by atoms with Crippen molar-refractivity contribution < 1.29 is 63.3 Å². The number of hydrogen-bond donors (Lipinski definition) is 13. The molecule has 5 unspecified atom stereocenters. The van der Waals surface area contributed by atoms with Gasteiger partial charge in [-0.15, -0.1) is 0 Å². The average molecular weight is 823 g/mol. The van der Waals surface area contributed by atoms with E-state index in [2.05, 4.69) is 37.2 Å². The van der Waals surface area contributed by atoms with Crippen LogP contribution in [-0.2, 0) is 54.4 Å². The Bertz CT molecular complexity index is 1620. The molecule has 0 aromatic heterocycles. The minimum atomic E-state index is -1.77. The van der Waals surface area contributed by atoms with Crippen molar-refractivity contribution in [2.75, 3.05) is 26.2 Å². The zero-order valence-corrected chi connectivity index (χ0v) is 32.2. The Morgan fingerprint density at radius 1 is 0.638 bits per heavy atom. The molecule has 0 radical (unpaired) electrons. The summed E-state index contributed by atoms with van der Waals surface area (Å²) in [5.74, 6) is -10.3. The summed E-state index contributed by atoms with van der Waals surface area (Å²) in [5.41, 5.74) is 16.9. The van der Waals surface area contributed by atoms with Crippen molar-refractivity contribution in [3.8, 4) is 5.75 Å². The van der Waals surface area contributed by atoms with E-state index < -0.39 is 121 Å². The maximum Gasteiger partial charge on any atom is 0.322 e. The topological polar surface area (TPSA) is 394 Å². The van der Waals surface area contributed by atoms with Gasteiger partial charge in [-0.1, -0.05) is 26.0 Å². The third kappa shape index (κ3) is 20.0. The van der Waals surface area contributed by atoms with Crippen molar-refractivity contribution in [2.45, 2.75) is 89.0 Å². The molecule has 0 saturated carbocycles. The van der Waals surface area contributed by atoms with E-state index in [-0.39, 0.29) is 38.0 Å². The van der Waals surface area contributed by atoms with Gasteiger partial charge in [-0.05, 0) is 55.8 Å². The summed E-state index contributed by atoms with van der Waals surface area (Å²) in [6, 6.07) is -1.31. The molecule has 0 saturated heterocycles. The zero-order chi connectivity index (χ0) is 43.9. The van der Waals surface area contributed by atoms with Crippen molar-refractivity contribution in [1.29, 1.82) is 0 Å². The van der Waals surface area contributed by atoms with Gasteiger partial charge in [0.1, 0.15) is 36.5 Å². The molecule has 322 valence electrons.